The molecule has 0 spiro atoms. The Morgan fingerprint density at radius 1 is 1.18 bits per heavy atom. The van der Waals surface area contributed by atoms with Crippen LogP contribution in [0.15, 0.2) is 59.0 Å². The van der Waals surface area contributed by atoms with Crippen molar-refractivity contribution in [2.24, 2.45) is 5.73 Å². The number of benzene rings is 2. The van der Waals surface area contributed by atoms with E-state index < -0.39 is 33.4 Å². The van der Waals surface area contributed by atoms with E-state index in [1.165, 1.54) is 0 Å². The van der Waals surface area contributed by atoms with Crippen molar-refractivity contribution in [3.8, 4) is 6.07 Å². The molecule has 0 amide bonds. The van der Waals surface area contributed by atoms with Gasteiger partial charge in [-0.25, -0.2) is 13.2 Å². The predicted octanol–water partition coefficient (Wildman–Crippen LogP) is 2.03. The Hall–Kier alpha value is -3.36. The smallest absolute Gasteiger partial charge is 0.335 e. The van der Waals surface area contributed by atoms with Crippen molar-refractivity contribution in [1.29, 1.82) is 5.26 Å². The van der Waals surface area contributed by atoms with Gasteiger partial charge in [-0.1, -0.05) is 29.8 Å². The molecular formula is C29H34N4O5S. The number of nitrogens with zero attached hydrogens (tertiary/aromatic N) is 2. The molecule has 2 aromatic rings. The summed E-state index contributed by atoms with van der Waals surface area (Å²) in [5.74, 6) is -1.68. The minimum absolute atomic E-state index is 0.0212. The lowest BCUT2D eigenvalue weighted by atomic mass is 9.80. The normalized spacial score (nSPS) is 20.6. The highest BCUT2D eigenvalue weighted by Gasteiger charge is 2.58. The van der Waals surface area contributed by atoms with Crippen molar-refractivity contribution in [2.75, 3.05) is 26.2 Å². The maximum atomic E-state index is 14.2. The zero-order chi connectivity index (χ0) is 28.2. The average molecular weight is 551 g/mol. The highest BCUT2D eigenvalue weighted by Crippen LogP contribution is 2.37. The number of sulfonamides is 1. The first-order chi connectivity index (χ1) is 18.6. The Bertz CT molecular complexity index is 1450. The van der Waals surface area contributed by atoms with E-state index >= 15 is 0 Å². The first-order valence-corrected chi connectivity index (χ1v) is 14.5. The lowest BCUT2D eigenvalue weighted by Gasteiger charge is -2.43. The number of nitrogens with one attached hydrogen (secondary N) is 1. The van der Waals surface area contributed by atoms with E-state index in [1.807, 2.05) is 6.07 Å². The molecule has 0 fully saturated rings. The van der Waals surface area contributed by atoms with Gasteiger partial charge >= 0.3 is 5.97 Å². The van der Waals surface area contributed by atoms with Gasteiger partial charge in [-0.3, -0.25) is 4.79 Å². The summed E-state index contributed by atoms with van der Waals surface area (Å²) in [7, 11) is -4.32. The van der Waals surface area contributed by atoms with E-state index in [-0.39, 0.29) is 30.9 Å². The monoisotopic (exact) mass is 550 g/mol. The van der Waals surface area contributed by atoms with Crippen molar-refractivity contribution in [3.05, 3.63) is 76.4 Å². The van der Waals surface area contributed by atoms with Gasteiger partial charge in [0.05, 0.1) is 29.2 Å². The molecule has 10 heteroatoms. The first-order valence-electron chi connectivity index (χ1n) is 13.1. The largest absolute Gasteiger partial charge is 0.464 e. The third kappa shape index (κ3) is 5.68. The maximum Gasteiger partial charge on any atom is 0.335 e. The number of esters is 1. The van der Waals surface area contributed by atoms with Crippen molar-refractivity contribution in [1.82, 2.24) is 9.62 Å². The second-order valence-electron chi connectivity index (χ2n) is 10.0. The summed E-state index contributed by atoms with van der Waals surface area (Å²) in [6.45, 7) is 4.70. The quantitative estimate of drug-likeness (QED) is 0.289. The molecule has 2 aliphatic rings. The fourth-order valence-electron chi connectivity index (χ4n) is 5.36. The van der Waals surface area contributed by atoms with Gasteiger partial charge in [0.1, 0.15) is 0 Å². The van der Waals surface area contributed by atoms with Crippen molar-refractivity contribution < 1.29 is 22.7 Å². The summed E-state index contributed by atoms with van der Waals surface area (Å²) in [5, 5.41) is 12.6. The molecule has 206 valence electrons. The van der Waals surface area contributed by atoms with Crippen molar-refractivity contribution in [3.63, 3.8) is 0 Å². The Kier molecular flexibility index (Phi) is 8.67. The Morgan fingerprint density at radius 2 is 1.92 bits per heavy atom. The van der Waals surface area contributed by atoms with Crippen LogP contribution < -0.4 is 11.1 Å². The van der Waals surface area contributed by atoms with E-state index in [2.05, 4.69) is 11.4 Å². The molecule has 9 nitrogen and oxygen atoms in total. The number of carbonyl (C=O) groups excluding carboxylic acids is 2. The van der Waals surface area contributed by atoms with Crippen LogP contribution in [0, 0.1) is 11.3 Å². The molecule has 39 heavy (non-hydrogen) atoms. The van der Waals surface area contributed by atoms with Gasteiger partial charge in [0.2, 0.25) is 10.0 Å². The number of fused-ring (bicyclic) bond motifs is 1. The number of nitrogens with two attached hydrogens (primary N) is 1. The van der Waals surface area contributed by atoms with Gasteiger partial charge < -0.3 is 15.8 Å². The zero-order valence-electron chi connectivity index (χ0n) is 22.3. The molecule has 1 unspecified atom stereocenters. The van der Waals surface area contributed by atoms with Gasteiger partial charge in [-0.2, -0.15) is 9.57 Å². The second kappa shape index (κ2) is 11.8. The molecule has 2 aliphatic heterocycles. The first kappa shape index (κ1) is 28.6. The van der Waals surface area contributed by atoms with Crippen LogP contribution in [0.3, 0.4) is 0 Å². The number of carbonyl (C=O) groups is 2. The molecule has 2 aromatic carbocycles. The predicted molar refractivity (Wildman–Crippen MR) is 146 cm³/mol. The third-order valence-corrected chi connectivity index (χ3v) is 9.23. The standard InChI is InChI=1S/C29H34N4O5S/c1-3-38-28(35)29(27(34)26(31)16-21-5-4-6-22(15-21)19-30)18-20(2)11-14-33(29)39(36,37)25-8-7-23-9-12-32-13-10-24(23)17-25/h4-8,11,15,17,26,32H,3,9-10,12-14,16,18,31H2,1-2H3/t26?,29-/m1/s1. The minimum Gasteiger partial charge on any atom is -0.464 e. The van der Waals surface area contributed by atoms with E-state index in [0.29, 0.717) is 23.1 Å². The number of Topliss-reactive ketones (excluding diaryl/α,β-unsaturated/α-hetero) is 1. The van der Waals surface area contributed by atoms with Crippen LogP contribution in [0.1, 0.15) is 42.5 Å². The van der Waals surface area contributed by atoms with Crippen LogP contribution >= 0.6 is 0 Å². The molecule has 0 aliphatic carbocycles. The molecule has 0 aromatic heterocycles. The van der Waals surface area contributed by atoms with Crippen LogP contribution in [0.25, 0.3) is 0 Å². The van der Waals surface area contributed by atoms with E-state index in [9.17, 15) is 23.3 Å². The average Bonchev–Trinajstić information content (AvgIpc) is 3.17. The third-order valence-electron chi connectivity index (χ3n) is 7.34. The minimum atomic E-state index is -4.32. The van der Waals surface area contributed by atoms with Crippen LogP contribution in [0.5, 0.6) is 0 Å². The Morgan fingerprint density at radius 3 is 2.64 bits per heavy atom. The fourth-order valence-corrected chi connectivity index (χ4v) is 7.05. The molecule has 0 saturated heterocycles. The molecule has 4 rings (SSSR count). The highest BCUT2D eigenvalue weighted by molar-refractivity contribution is 7.89. The molecular weight excluding hydrogens is 516 g/mol. The fraction of sp³-hybridized carbons (Fsp3) is 0.414. The Balaban J connectivity index is 1.79. The summed E-state index contributed by atoms with van der Waals surface area (Å²) >= 11 is 0. The highest BCUT2D eigenvalue weighted by atomic mass is 32.2. The number of hydrogen-bond acceptors (Lipinski definition) is 8. The SMILES string of the molecule is CCOC(=O)[C@]1(C(=O)C(N)Cc2cccc(C#N)c2)CC(C)=CCN1S(=O)(=O)c1ccc2c(c1)CCNCC2. The number of nitriles is 1. The van der Waals surface area contributed by atoms with Gasteiger partial charge in [-0.05, 0) is 87.2 Å². The van der Waals surface area contributed by atoms with E-state index in [1.54, 1.807) is 56.3 Å². The van der Waals surface area contributed by atoms with Gasteiger partial charge in [0, 0.05) is 13.0 Å². The van der Waals surface area contributed by atoms with E-state index in [0.717, 1.165) is 34.9 Å². The summed E-state index contributed by atoms with van der Waals surface area (Å²) in [4.78, 5) is 27.8. The lowest BCUT2D eigenvalue weighted by Crippen LogP contribution is -2.67. The van der Waals surface area contributed by atoms with Crippen molar-refractivity contribution >= 4 is 21.8 Å². The Labute approximate surface area is 229 Å². The second-order valence-corrected chi connectivity index (χ2v) is 11.9. The molecule has 2 heterocycles. The van der Waals surface area contributed by atoms with Gasteiger partial charge in [-0.15, -0.1) is 0 Å². The number of rotatable bonds is 8. The summed E-state index contributed by atoms with van der Waals surface area (Å²) in [6.07, 6.45) is 3.03. The van der Waals surface area contributed by atoms with Crippen LogP contribution in [0.4, 0.5) is 0 Å². The number of hydrogen-bond donors (Lipinski definition) is 2. The molecule has 2 atom stereocenters. The zero-order valence-corrected chi connectivity index (χ0v) is 23.1. The topological polar surface area (TPSA) is 143 Å². The molecule has 3 N–H and O–H groups in total. The number of ketones is 1. The van der Waals surface area contributed by atoms with Crippen LogP contribution in [-0.2, 0) is 43.6 Å². The van der Waals surface area contributed by atoms with E-state index in [4.69, 9.17) is 10.5 Å². The summed E-state index contributed by atoms with van der Waals surface area (Å²) in [6, 6.07) is 12.5. The van der Waals surface area contributed by atoms with Gasteiger partial charge in [0.15, 0.2) is 11.3 Å². The summed E-state index contributed by atoms with van der Waals surface area (Å²) < 4.78 is 34.7. The molecule has 0 saturated carbocycles. The molecule has 0 bridgehead atoms. The lowest BCUT2D eigenvalue weighted by molar-refractivity contribution is -0.160. The van der Waals surface area contributed by atoms with Crippen LogP contribution in [-0.4, -0.2) is 62.3 Å². The summed E-state index contributed by atoms with van der Waals surface area (Å²) in [5.41, 5.74) is 7.97. The maximum absolute atomic E-state index is 14.2. The van der Waals surface area contributed by atoms with Crippen molar-refractivity contribution in [2.45, 2.75) is 56.0 Å². The van der Waals surface area contributed by atoms with Gasteiger partial charge in [0.25, 0.3) is 0 Å². The van der Waals surface area contributed by atoms with Crippen LogP contribution in [0.2, 0.25) is 0 Å². The number of ether oxygens (including phenoxy) is 1. The molecule has 0 radical (unpaired) electrons.